The highest BCUT2D eigenvalue weighted by Gasteiger charge is 2.24. The van der Waals surface area contributed by atoms with E-state index in [1.54, 1.807) is 30.9 Å². The third kappa shape index (κ3) is 3.88. The Hall–Kier alpha value is -2.26. The molecule has 3 rings (SSSR count). The van der Waals surface area contributed by atoms with Crippen molar-refractivity contribution >= 4 is 15.9 Å². The summed E-state index contributed by atoms with van der Waals surface area (Å²) in [5, 5.41) is 6.65. The lowest BCUT2D eigenvalue weighted by Crippen LogP contribution is -2.29. The van der Waals surface area contributed by atoms with Gasteiger partial charge in [0.25, 0.3) is 5.91 Å². The van der Waals surface area contributed by atoms with Crippen molar-refractivity contribution in [3.05, 3.63) is 41.5 Å². The molecule has 1 aromatic carbocycles. The number of nitrogens with zero attached hydrogens (tertiary/aromatic N) is 3. The maximum absolute atomic E-state index is 12.6. The first-order valence-electron chi connectivity index (χ1n) is 8.17. The number of likely N-dealkylation sites (tertiary alicyclic amines) is 1. The van der Waals surface area contributed by atoms with Crippen LogP contribution in [-0.2, 0) is 10.0 Å². The van der Waals surface area contributed by atoms with E-state index in [0.29, 0.717) is 17.2 Å². The molecule has 0 bridgehead atoms. The summed E-state index contributed by atoms with van der Waals surface area (Å²) in [6.45, 7) is 4.84. The molecule has 9 heteroatoms. The average Bonchev–Trinajstić information content (AvgIpc) is 3.25. The summed E-state index contributed by atoms with van der Waals surface area (Å²) in [6, 6.07) is 5.52. The average molecular weight is 363 g/mol. The predicted octanol–water partition coefficient (Wildman–Crippen LogP) is 1.39. The summed E-state index contributed by atoms with van der Waals surface area (Å²) in [5.41, 5.74) is 0.381. The van der Waals surface area contributed by atoms with E-state index in [9.17, 15) is 13.2 Å². The second-order valence-electron chi connectivity index (χ2n) is 6.15. The second kappa shape index (κ2) is 6.93. The fourth-order valence-corrected chi connectivity index (χ4v) is 4.05. The van der Waals surface area contributed by atoms with Crippen LogP contribution in [0.4, 0.5) is 0 Å². The molecule has 0 saturated carbocycles. The van der Waals surface area contributed by atoms with E-state index < -0.39 is 16.1 Å². The van der Waals surface area contributed by atoms with Crippen molar-refractivity contribution in [1.29, 1.82) is 0 Å². The minimum Gasteiger partial charge on any atom is -0.339 e. The molecule has 8 nitrogen and oxygen atoms in total. The van der Waals surface area contributed by atoms with Gasteiger partial charge in [0.05, 0.1) is 10.9 Å². The number of carbonyl (C=O) groups excluding carboxylic acids is 1. The Balaban J connectivity index is 1.80. The lowest BCUT2D eigenvalue weighted by molar-refractivity contribution is 0.0792. The Morgan fingerprint density at radius 3 is 2.68 bits per heavy atom. The van der Waals surface area contributed by atoms with Gasteiger partial charge in [-0.3, -0.25) is 9.89 Å². The van der Waals surface area contributed by atoms with Gasteiger partial charge in [0.15, 0.2) is 5.82 Å². The molecule has 1 aliphatic rings. The molecule has 0 spiro atoms. The molecule has 25 heavy (non-hydrogen) atoms. The van der Waals surface area contributed by atoms with Gasteiger partial charge in [-0.2, -0.15) is 5.10 Å². The zero-order valence-electron chi connectivity index (χ0n) is 14.2. The lowest BCUT2D eigenvalue weighted by Gasteiger charge is -2.16. The highest BCUT2D eigenvalue weighted by molar-refractivity contribution is 7.89. The lowest BCUT2D eigenvalue weighted by atomic mass is 10.2. The van der Waals surface area contributed by atoms with Crippen LogP contribution in [0.5, 0.6) is 0 Å². The summed E-state index contributed by atoms with van der Waals surface area (Å²) in [5.74, 6) is 0.844. The molecule has 1 saturated heterocycles. The van der Waals surface area contributed by atoms with Crippen molar-refractivity contribution in [2.75, 3.05) is 13.1 Å². The van der Waals surface area contributed by atoms with Gasteiger partial charge in [-0.25, -0.2) is 18.1 Å². The molecule has 0 radical (unpaired) electrons. The molecule has 1 amide bonds. The van der Waals surface area contributed by atoms with Crippen molar-refractivity contribution in [2.24, 2.45) is 0 Å². The van der Waals surface area contributed by atoms with Gasteiger partial charge >= 0.3 is 0 Å². The maximum atomic E-state index is 12.6. The van der Waals surface area contributed by atoms with Crippen LogP contribution in [0.1, 0.15) is 47.8 Å². The molecule has 1 atom stereocenters. The number of nitrogens with one attached hydrogen (secondary N) is 2. The Labute approximate surface area is 146 Å². The van der Waals surface area contributed by atoms with E-state index in [1.165, 1.54) is 12.1 Å². The van der Waals surface area contributed by atoms with Crippen LogP contribution in [0.15, 0.2) is 29.2 Å². The standard InChI is InChI=1S/C16H21N5O3S/c1-11(15-17-12(2)18-19-15)20-25(23,24)14-7-5-6-13(10-14)16(22)21-8-3-4-9-21/h5-7,10-11,20H,3-4,8-9H2,1-2H3,(H,17,18,19). The van der Waals surface area contributed by atoms with Crippen LogP contribution in [0.2, 0.25) is 0 Å². The van der Waals surface area contributed by atoms with Crippen molar-refractivity contribution in [1.82, 2.24) is 24.8 Å². The van der Waals surface area contributed by atoms with Gasteiger partial charge < -0.3 is 4.90 Å². The number of aryl methyl sites for hydroxylation is 1. The molecular formula is C16H21N5O3S. The number of amides is 1. The molecule has 2 heterocycles. The number of carbonyl (C=O) groups is 1. The summed E-state index contributed by atoms with van der Waals surface area (Å²) in [6.07, 6.45) is 1.97. The zero-order chi connectivity index (χ0) is 18.0. The van der Waals surface area contributed by atoms with Crippen LogP contribution in [0.25, 0.3) is 0 Å². The van der Waals surface area contributed by atoms with Crippen molar-refractivity contribution < 1.29 is 13.2 Å². The molecule has 0 aliphatic carbocycles. The fraction of sp³-hybridized carbons (Fsp3) is 0.438. The Bertz CT molecular complexity index is 871. The van der Waals surface area contributed by atoms with Crippen molar-refractivity contribution in [2.45, 2.75) is 37.6 Å². The van der Waals surface area contributed by atoms with Crippen molar-refractivity contribution in [3.8, 4) is 0 Å². The second-order valence-corrected chi connectivity index (χ2v) is 7.86. The molecular weight excluding hydrogens is 342 g/mol. The highest BCUT2D eigenvalue weighted by Crippen LogP contribution is 2.18. The summed E-state index contributed by atoms with van der Waals surface area (Å²) >= 11 is 0. The molecule has 2 N–H and O–H groups in total. The van der Waals surface area contributed by atoms with Gasteiger partial charge in [0.2, 0.25) is 10.0 Å². The fourth-order valence-electron chi connectivity index (χ4n) is 2.81. The predicted molar refractivity (Wildman–Crippen MR) is 91.4 cm³/mol. The largest absolute Gasteiger partial charge is 0.339 e. The Kier molecular flexibility index (Phi) is 4.87. The SMILES string of the molecule is Cc1nc(C(C)NS(=O)(=O)c2cccc(C(=O)N3CCCC3)c2)n[nH]1. The first-order valence-corrected chi connectivity index (χ1v) is 9.66. The Morgan fingerprint density at radius 1 is 1.32 bits per heavy atom. The molecule has 1 aliphatic heterocycles. The number of benzene rings is 1. The normalized spacial score (nSPS) is 16.2. The van der Waals surface area contributed by atoms with Gasteiger partial charge in [0.1, 0.15) is 5.82 Å². The van der Waals surface area contributed by atoms with E-state index in [4.69, 9.17) is 0 Å². The molecule has 1 unspecified atom stereocenters. The number of aromatic nitrogens is 3. The number of H-pyrrole nitrogens is 1. The van der Waals surface area contributed by atoms with Gasteiger partial charge in [-0.05, 0) is 44.9 Å². The Morgan fingerprint density at radius 2 is 2.04 bits per heavy atom. The summed E-state index contributed by atoms with van der Waals surface area (Å²) in [4.78, 5) is 18.4. The smallest absolute Gasteiger partial charge is 0.253 e. The third-order valence-electron chi connectivity index (χ3n) is 4.12. The van der Waals surface area contributed by atoms with Gasteiger partial charge in [-0.15, -0.1) is 0 Å². The molecule has 1 fully saturated rings. The number of sulfonamides is 1. The number of hydrogen-bond acceptors (Lipinski definition) is 5. The van der Waals surface area contributed by atoms with Gasteiger partial charge in [0, 0.05) is 18.7 Å². The monoisotopic (exact) mass is 363 g/mol. The van der Waals surface area contributed by atoms with E-state index in [2.05, 4.69) is 19.9 Å². The molecule has 1 aromatic heterocycles. The minimum atomic E-state index is -3.79. The van der Waals surface area contributed by atoms with Crippen LogP contribution in [0.3, 0.4) is 0 Å². The number of aromatic amines is 1. The van der Waals surface area contributed by atoms with E-state index in [-0.39, 0.29) is 10.8 Å². The van der Waals surface area contributed by atoms with E-state index in [1.807, 2.05) is 0 Å². The topological polar surface area (TPSA) is 108 Å². The highest BCUT2D eigenvalue weighted by atomic mass is 32.2. The van der Waals surface area contributed by atoms with Crippen LogP contribution >= 0.6 is 0 Å². The summed E-state index contributed by atoms with van der Waals surface area (Å²) < 4.78 is 27.8. The van der Waals surface area contributed by atoms with Crippen LogP contribution < -0.4 is 4.72 Å². The quantitative estimate of drug-likeness (QED) is 0.834. The molecule has 134 valence electrons. The molecule has 2 aromatic rings. The van der Waals surface area contributed by atoms with Crippen LogP contribution in [0, 0.1) is 6.92 Å². The van der Waals surface area contributed by atoms with E-state index >= 15 is 0 Å². The van der Waals surface area contributed by atoms with Crippen LogP contribution in [-0.4, -0.2) is 47.5 Å². The van der Waals surface area contributed by atoms with Crippen molar-refractivity contribution in [3.63, 3.8) is 0 Å². The number of hydrogen-bond donors (Lipinski definition) is 2. The zero-order valence-corrected chi connectivity index (χ0v) is 15.0. The maximum Gasteiger partial charge on any atom is 0.253 e. The minimum absolute atomic E-state index is 0.0525. The first-order chi connectivity index (χ1) is 11.9. The first kappa shape index (κ1) is 17.6. The third-order valence-corrected chi connectivity index (χ3v) is 5.66. The van der Waals surface area contributed by atoms with E-state index in [0.717, 1.165) is 25.9 Å². The number of rotatable bonds is 5. The summed E-state index contributed by atoms with van der Waals surface area (Å²) in [7, 11) is -3.79. The van der Waals surface area contributed by atoms with Gasteiger partial charge in [-0.1, -0.05) is 6.07 Å².